The summed E-state index contributed by atoms with van der Waals surface area (Å²) in [5.74, 6) is -0.122. The quantitative estimate of drug-likeness (QED) is 0.559. The molecule has 1 aromatic rings. The fourth-order valence-electron chi connectivity index (χ4n) is 0.718. The molecule has 0 unspecified atom stereocenters. The summed E-state index contributed by atoms with van der Waals surface area (Å²) in [5, 5.41) is 0. The van der Waals surface area contributed by atoms with Gasteiger partial charge in [0.2, 0.25) is 0 Å². The van der Waals surface area contributed by atoms with Gasteiger partial charge in [0.15, 0.2) is 0 Å². The van der Waals surface area contributed by atoms with E-state index in [0.29, 0.717) is 6.54 Å². The van der Waals surface area contributed by atoms with Crippen LogP contribution >= 0.6 is 0 Å². The van der Waals surface area contributed by atoms with Gasteiger partial charge >= 0.3 is 68.7 Å². The van der Waals surface area contributed by atoms with Crippen molar-refractivity contribution in [2.24, 2.45) is 5.73 Å². The Bertz CT molecular complexity index is 242. The third-order valence-electron chi connectivity index (χ3n) is 1.35. The molecule has 0 heterocycles. The molecule has 1 nitrogen and oxygen atoms in total. The van der Waals surface area contributed by atoms with Gasteiger partial charge in [-0.1, -0.05) is 0 Å². The Morgan fingerprint density at radius 1 is 1.45 bits per heavy atom. The molecule has 0 amide bonds. The van der Waals surface area contributed by atoms with Crippen molar-refractivity contribution in [1.29, 1.82) is 0 Å². The van der Waals surface area contributed by atoms with Gasteiger partial charge in [-0.2, -0.15) is 0 Å². The monoisotopic (exact) mass is 267 g/mol. The van der Waals surface area contributed by atoms with Crippen LogP contribution in [0.25, 0.3) is 0 Å². The van der Waals surface area contributed by atoms with E-state index < -0.39 is 0 Å². The Kier molecular flexibility index (Phi) is 5.06. The van der Waals surface area contributed by atoms with Crippen LogP contribution in [-0.2, 0) is 24.8 Å². The van der Waals surface area contributed by atoms with Gasteiger partial charge in [-0.25, -0.2) is 0 Å². The van der Waals surface area contributed by atoms with Crippen molar-refractivity contribution < 1.29 is 39.7 Å². The van der Waals surface area contributed by atoms with E-state index in [-0.39, 0.29) is 22.8 Å². The molecule has 2 N–H and O–H groups in total. The van der Waals surface area contributed by atoms with Crippen LogP contribution < -0.4 is 26.9 Å². The van der Waals surface area contributed by atoms with E-state index in [1.54, 1.807) is 6.07 Å². The van der Waals surface area contributed by atoms with Crippen LogP contribution in [0.2, 0.25) is 0 Å². The first-order valence-electron chi connectivity index (χ1n) is 3.04. The zero-order valence-corrected chi connectivity index (χ0v) is 10.5. The molecule has 0 aromatic heterocycles. The number of hydrogen-bond acceptors (Lipinski definition) is 1. The molecule has 0 bridgehead atoms. The number of rotatable bonds is 1. The van der Waals surface area contributed by atoms with Gasteiger partial charge in [0, 0.05) is 0 Å². The van der Waals surface area contributed by atoms with E-state index in [9.17, 15) is 4.39 Å². The number of halogens is 2. The average molecular weight is 269 g/mol. The maximum Gasteiger partial charge on any atom is -1.00 e. The molecule has 11 heavy (non-hydrogen) atoms. The molecule has 56 valence electrons. The van der Waals surface area contributed by atoms with E-state index in [4.69, 9.17) is 5.73 Å². The molecule has 0 radical (unpaired) electrons. The van der Waals surface area contributed by atoms with Gasteiger partial charge in [-0.3, -0.25) is 0 Å². The number of benzene rings is 1. The molecule has 4 heteroatoms. The maximum atomic E-state index is 12.7. The van der Waals surface area contributed by atoms with Crippen LogP contribution in [0, 0.1) is 5.82 Å². The first kappa shape index (κ1) is 11.2. The molecular formula is C7H7BrFNZn. The van der Waals surface area contributed by atoms with Crippen molar-refractivity contribution in [3.8, 4) is 0 Å². The summed E-state index contributed by atoms with van der Waals surface area (Å²) in [6, 6.07) is 5.15. The van der Waals surface area contributed by atoms with Crippen molar-refractivity contribution >= 4 is 4.16 Å². The first-order chi connectivity index (χ1) is 4.74. The van der Waals surface area contributed by atoms with Crippen LogP contribution in [0.3, 0.4) is 0 Å². The van der Waals surface area contributed by atoms with E-state index in [2.05, 4.69) is 0 Å². The fourth-order valence-corrected chi connectivity index (χ4v) is 1.18. The largest absolute Gasteiger partial charge is 1.00 e. The van der Waals surface area contributed by atoms with Gasteiger partial charge in [0.1, 0.15) is 0 Å². The van der Waals surface area contributed by atoms with E-state index >= 15 is 0 Å². The predicted octanol–water partition coefficient (Wildman–Crippen LogP) is -2.54. The molecule has 0 spiro atoms. The third kappa shape index (κ3) is 2.98. The molecule has 0 atom stereocenters. The van der Waals surface area contributed by atoms with Crippen LogP contribution in [0.15, 0.2) is 18.2 Å². The van der Waals surface area contributed by atoms with Gasteiger partial charge in [0.25, 0.3) is 0 Å². The Balaban J connectivity index is 0.000001000. The minimum Gasteiger partial charge on any atom is -1.00 e. The van der Waals surface area contributed by atoms with Crippen molar-refractivity contribution in [3.63, 3.8) is 0 Å². The summed E-state index contributed by atoms with van der Waals surface area (Å²) in [6.45, 7) is 0.414. The molecule has 0 saturated heterocycles. The minimum absolute atomic E-state index is 0. The molecule has 0 aliphatic rings. The zero-order valence-electron chi connectivity index (χ0n) is 5.98. The maximum absolute atomic E-state index is 12.7. The smallest absolute Gasteiger partial charge is 1.00 e. The normalized spacial score (nSPS) is 9.09. The van der Waals surface area contributed by atoms with Crippen molar-refractivity contribution in [2.75, 3.05) is 0 Å². The van der Waals surface area contributed by atoms with E-state index in [1.165, 1.54) is 6.07 Å². The zero-order chi connectivity index (χ0) is 7.56. The second kappa shape index (κ2) is 4.97. The molecular weight excluding hydrogens is 262 g/mol. The topological polar surface area (TPSA) is 26.0 Å². The second-order valence-electron chi connectivity index (χ2n) is 2.13. The Morgan fingerprint density at radius 3 is 2.55 bits per heavy atom. The van der Waals surface area contributed by atoms with Gasteiger partial charge in [-0.05, 0) is 0 Å². The minimum atomic E-state index is -0.122. The van der Waals surface area contributed by atoms with Crippen molar-refractivity contribution in [2.45, 2.75) is 6.54 Å². The van der Waals surface area contributed by atoms with E-state index in [0.717, 1.165) is 28.0 Å². The summed E-state index contributed by atoms with van der Waals surface area (Å²) in [6.07, 6.45) is 0. The predicted molar refractivity (Wildman–Crippen MR) is 33.9 cm³/mol. The Hall–Kier alpha value is 0.213. The number of nitrogens with two attached hydrogens (primary N) is 1. The summed E-state index contributed by atoms with van der Waals surface area (Å²) in [7, 11) is 0. The Labute approximate surface area is 85.6 Å². The molecule has 0 saturated carbocycles. The van der Waals surface area contributed by atoms with Crippen LogP contribution in [-0.4, -0.2) is 0 Å². The Morgan fingerprint density at radius 2 is 2.09 bits per heavy atom. The van der Waals surface area contributed by atoms with Gasteiger partial charge in [-0.15, -0.1) is 0 Å². The first-order valence-corrected chi connectivity index (χ1v) is 4.53. The summed E-state index contributed by atoms with van der Waals surface area (Å²) in [4.78, 5) is 0. The third-order valence-corrected chi connectivity index (χ3v) is 2.56. The SMILES string of the molecule is NCc1cc[c]([Zn+])c(F)c1.[Br-]. The molecule has 1 rings (SSSR count). The standard InChI is InChI=1S/C7H7FN.BrH.Zn/c8-7-3-1-2-6(4-7)5-9;;/h1-2,4H,5,9H2;1H;/q;;+1/p-1. The fraction of sp³-hybridized carbons (Fsp3) is 0.143. The second-order valence-corrected chi connectivity index (χ2v) is 3.73. The van der Waals surface area contributed by atoms with Crippen LogP contribution in [0.5, 0.6) is 0 Å². The summed E-state index contributed by atoms with van der Waals surface area (Å²) < 4.78 is 13.5. The van der Waals surface area contributed by atoms with Crippen molar-refractivity contribution in [3.05, 3.63) is 29.6 Å². The molecule has 0 aliphatic heterocycles. The summed E-state index contributed by atoms with van der Waals surface area (Å²) in [5.41, 5.74) is 6.17. The molecule has 0 fully saturated rings. The molecule has 1 aromatic carbocycles. The van der Waals surface area contributed by atoms with Crippen molar-refractivity contribution in [1.82, 2.24) is 0 Å². The van der Waals surface area contributed by atoms with Crippen LogP contribution in [0.4, 0.5) is 4.39 Å². The number of hydrogen-bond donors (Lipinski definition) is 1. The summed E-state index contributed by atoms with van der Waals surface area (Å²) >= 11 is 0.858. The van der Waals surface area contributed by atoms with Gasteiger partial charge < -0.3 is 17.0 Å². The van der Waals surface area contributed by atoms with Crippen LogP contribution in [0.1, 0.15) is 5.56 Å². The van der Waals surface area contributed by atoms with E-state index in [1.807, 2.05) is 6.07 Å². The average Bonchev–Trinajstić information content (AvgIpc) is 1.95. The molecule has 0 aliphatic carbocycles. The van der Waals surface area contributed by atoms with Gasteiger partial charge in [0.05, 0.1) is 0 Å².